The first-order valence-electron chi connectivity index (χ1n) is 5.56. The van der Waals surface area contributed by atoms with E-state index in [-0.39, 0.29) is 5.91 Å². The highest BCUT2D eigenvalue weighted by Crippen LogP contribution is 2.19. The molecule has 3 heteroatoms. The Bertz CT molecular complexity index is 350. The van der Waals surface area contributed by atoms with E-state index in [2.05, 4.69) is 19.2 Å². The Balaban J connectivity index is 2.59. The van der Waals surface area contributed by atoms with Crippen molar-refractivity contribution in [2.24, 2.45) is 5.92 Å². The third-order valence-electron chi connectivity index (χ3n) is 2.36. The molecule has 2 nitrogen and oxygen atoms in total. The van der Waals surface area contributed by atoms with Crippen molar-refractivity contribution in [3.8, 4) is 0 Å². The van der Waals surface area contributed by atoms with Crippen LogP contribution >= 0.6 is 11.8 Å². The maximum absolute atomic E-state index is 11.9. The zero-order chi connectivity index (χ0) is 12.0. The van der Waals surface area contributed by atoms with Crippen LogP contribution in [0.15, 0.2) is 29.2 Å². The van der Waals surface area contributed by atoms with E-state index in [1.165, 1.54) is 0 Å². The van der Waals surface area contributed by atoms with E-state index in [4.69, 9.17) is 0 Å². The number of nitrogens with one attached hydrogen (secondary N) is 1. The van der Waals surface area contributed by atoms with Gasteiger partial charge >= 0.3 is 0 Å². The largest absolute Gasteiger partial charge is 0.352 e. The van der Waals surface area contributed by atoms with Crippen molar-refractivity contribution < 1.29 is 4.79 Å². The molecule has 0 atom stereocenters. The summed E-state index contributed by atoms with van der Waals surface area (Å²) in [7, 11) is 0. The number of carbonyl (C=O) groups is 1. The standard InChI is InChI=1S/C13H19NOS/c1-10(2)8-9-14-13(15)11-6-4-5-7-12(11)16-3/h4-7,10H,8-9H2,1-3H3,(H,14,15). The lowest BCUT2D eigenvalue weighted by molar-refractivity contribution is 0.0949. The lowest BCUT2D eigenvalue weighted by atomic mass is 10.1. The lowest BCUT2D eigenvalue weighted by Gasteiger charge is -2.09. The van der Waals surface area contributed by atoms with Crippen molar-refractivity contribution >= 4 is 17.7 Å². The van der Waals surface area contributed by atoms with E-state index in [0.29, 0.717) is 5.92 Å². The summed E-state index contributed by atoms with van der Waals surface area (Å²) in [6.07, 6.45) is 3.01. The summed E-state index contributed by atoms with van der Waals surface area (Å²) in [5, 5.41) is 2.95. The van der Waals surface area contributed by atoms with Crippen LogP contribution in [0.3, 0.4) is 0 Å². The van der Waals surface area contributed by atoms with Crippen molar-refractivity contribution in [3.63, 3.8) is 0 Å². The molecule has 0 aliphatic rings. The van der Waals surface area contributed by atoms with E-state index < -0.39 is 0 Å². The summed E-state index contributed by atoms with van der Waals surface area (Å²) < 4.78 is 0. The molecule has 0 fully saturated rings. The second-order valence-corrected chi connectivity index (χ2v) is 4.99. The second-order valence-electron chi connectivity index (χ2n) is 4.14. The van der Waals surface area contributed by atoms with Gasteiger partial charge in [0.1, 0.15) is 0 Å². The van der Waals surface area contributed by atoms with E-state index in [9.17, 15) is 4.79 Å². The van der Waals surface area contributed by atoms with Gasteiger partial charge < -0.3 is 5.32 Å². The van der Waals surface area contributed by atoms with Crippen molar-refractivity contribution in [1.29, 1.82) is 0 Å². The van der Waals surface area contributed by atoms with Gasteiger partial charge in [0.05, 0.1) is 5.56 Å². The highest BCUT2D eigenvalue weighted by molar-refractivity contribution is 7.98. The van der Waals surface area contributed by atoms with E-state index in [0.717, 1.165) is 23.4 Å². The summed E-state index contributed by atoms with van der Waals surface area (Å²) in [6.45, 7) is 5.06. The summed E-state index contributed by atoms with van der Waals surface area (Å²) in [4.78, 5) is 12.9. The molecule has 16 heavy (non-hydrogen) atoms. The quantitative estimate of drug-likeness (QED) is 0.797. The van der Waals surface area contributed by atoms with Crippen LogP contribution in [0.2, 0.25) is 0 Å². The average molecular weight is 237 g/mol. The first kappa shape index (κ1) is 13.1. The molecular weight excluding hydrogens is 218 g/mol. The lowest BCUT2D eigenvalue weighted by Crippen LogP contribution is -2.25. The first-order valence-corrected chi connectivity index (χ1v) is 6.79. The van der Waals surface area contributed by atoms with Gasteiger partial charge in [-0.05, 0) is 30.7 Å². The molecule has 1 aromatic rings. The van der Waals surface area contributed by atoms with Gasteiger partial charge in [-0.15, -0.1) is 11.8 Å². The molecule has 0 radical (unpaired) electrons. The molecule has 0 saturated heterocycles. The van der Waals surface area contributed by atoms with Crippen LogP contribution in [-0.2, 0) is 0 Å². The Morgan fingerprint density at radius 2 is 2.06 bits per heavy atom. The number of hydrogen-bond acceptors (Lipinski definition) is 2. The van der Waals surface area contributed by atoms with Gasteiger partial charge in [0.25, 0.3) is 5.91 Å². The SMILES string of the molecule is CSc1ccccc1C(=O)NCCC(C)C. The fraction of sp³-hybridized carbons (Fsp3) is 0.462. The van der Waals surface area contributed by atoms with E-state index >= 15 is 0 Å². The number of hydrogen-bond donors (Lipinski definition) is 1. The Hall–Kier alpha value is -0.960. The van der Waals surface area contributed by atoms with Crippen LogP contribution in [0.4, 0.5) is 0 Å². The summed E-state index contributed by atoms with van der Waals surface area (Å²) in [6, 6.07) is 7.70. The van der Waals surface area contributed by atoms with Crippen molar-refractivity contribution in [2.75, 3.05) is 12.8 Å². The molecule has 0 aliphatic carbocycles. The summed E-state index contributed by atoms with van der Waals surface area (Å²) >= 11 is 1.60. The first-order chi connectivity index (χ1) is 7.65. The topological polar surface area (TPSA) is 29.1 Å². The Kier molecular flexibility index (Phi) is 5.39. The zero-order valence-corrected chi connectivity index (χ0v) is 10.9. The third-order valence-corrected chi connectivity index (χ3v) is 3.15. The Morgan fingerprint density at radius 1 is 1.38 bits per heavy atom. The Morgan fingerprint density at radius 3 is 2.69 bits per heavy atom. The van der Waals surface area contributed by atoms with Gasteiger partial charge in [-0.2, -0.15) is 0 Å². The normalized spacial score (nSPS) is 10.5. The molecule has 1 amide bonds. The molecule has 1 aromatic carbocycles. The Labute approximate surface area is 102 Å². The van der Waals surface area contributed by atoms with Gasteiger partial charge in [-0.3, -0.25) is 4.79 Å². The van der Waals surface area contributed by atoms with Crippen molar-refractivity contribution in [1.82, 2.24) is 5.32 Å². The van der Waals surface area contributed by atoms with Gasteiger partial charge in [-0.25, -0.2) is 0 Å². The maximum Gasteiger partial charge on any atom is 0.252 e. The van der Waals surface area contributed by atoms with Crippen LogP contribution in [0, 0.1) is 5.92 Å². The minimum Gasteiger partial charge on any atom is -0.352 e. The average Bonchev–Trinajstić information content (AvgIpc) is 2.28. The number of carbonyl (C=O) groups excluding carboxylic acids is 1. The minimum absolute atomic E-state index is 0.0330. The molecule has 0 aliphatic heterocycles. The molecule has 0 bridgehead atoms. The molecular formula is C13H19NOS. The van der Waals surface area contributed by atoms with Crippen LogP contribution in [0.1, 0.15) is 30.6 Å². The molecule has 88 valence electrons. The van der Waals surface area contributed by atoms with E-state index in [1.807, 2.05) is 30.5 Å². The van der Waals surface area contributed by atoms with Crippen LogP contribution in [0.25, 0.3) is 0 Å². The van der Waals surface area contributed by atoms with Crippen LogP contribution in [-0.4, -0.2) is 18.7 Å². The monoisotopic (exact) mass is 237 g/mol. The van der Waals surface area contributed by atoms with Crippen LogP contribution in [0.5, 0.6) is 0 Å². The maximum atomic E-state index is 11.9. The van der Waals surface area contributed by atoms with Crippen LogP contribution < -0.4 is 5.32 Å². The van der Waals surface area contributed by atoms with Crippen molar-refractivity contribution in [3.05, 3.63) is 29.8 Å². The fourth-order valence-electron chi connectivity index (χ4n) is 1.40. The number of thioether (sulfide) groups is 1. The van der Waals surface area contributed by atoms with Gasteiger partial charge in [0, 0.05) is 11.4 Å². The molecule has 0 heterocycles. The highest BCUT2D eigenvalue weighted by Gasteiger charge is 2.09. The minimum atomic E-state index is 0.0330. The second kappa shape index (κ2) is 6.59. The summed E-state index contributed by atoms with van der Waals surface area (Å²) in [5.41, 5.74) is 0.777. The zero-order valence-electron chi connectivity index (χ0n) is 10.1. The molecule has 1 rings (SSSR count). The smallest absolute Gasteiger partial charge is 0.252 e. The van der Waals surface area contributed by atoms with Gasteiger partial charge in [-0.1, -0.05) is 26.0 Å². The molecule has 0 saturated carbocycles. The number of amides is 1. The van der Waals surface area contributed by atoms with E-state index in [1.54, 1.807) is 11.8 Å². The van der Waals surface area contributed by atoms with Gasteiger partial charge in [0.15, 0.2) is 0 Å². The third kappa shape index (κ3) is 3.89. The number of benzene rings is 1. The number of rotatable bonds is 5. The molecule has 0 spiro atoms. The van der Waals surface area contributed by atoms with Crippen molar-refractivity contribution in [2.45, 2.75) is 25.2 Å². The predicted octanol–water partition coefficient (Wildman–Crippen LogP) is 3.18. The summed E-state index contributed by atoms with van der Waals surface area (Å²) in [5.74, 6) is 0.654. The molecule has 0 unspecified atom stereocenters. The van der Waals surface area contributed by atoms with Gasteiger partial charge in [0.2, 0.25) is 0 Å². The molecule has 1 N–H and O–H groups in total. The highest BCUT2D eigenvalue weighted by atomic mass is 32.2. The molecule has 0 aromatic heterocycles. The predicted molar refractivity (Wildman–Crippen MR) is 70.0 cm³/mol. The fourth-order valence-corrected chi connectivity index (χ4v) is 2.00.